The molecule has 1 aromatic heterocycles. The van der Waals surface area contributed by atoms with Crippen LogP contribution in [0.4, 0.5) is 0 Å². The summed E-state index contributed by atoms with van der Waals surface area (Å²) in [6.45, 7) is 1.73. The number of hydrogen-bond donors (Lipinski definition) is 1. The van der Waals surface area contributed by atoms with Gasteiger partial charge in [-0.3, -0.25) is 4.98 Å². The summed E-state index contributed by atoms with van der Waals surface area (Å²) in [4.78, 5) is 4.16. The number of pyridine rings is 1. The van der Waals surface area contributed by atoms with E-state index in [0.717, 1.165) is 16.5 Å². The average Bonchev–Trinajstić information content (AvgIpc) is 2.17. The molecule has 1 atom stereocenters. The molecule has 0 saturated carbocycles. The van der Waals surface area contributed by atoms with Crippen molar-refractivity contribution in [2.45, 2.75) is 13.0 Å². The third kappa shape index (κ3) is 1.40. The van der Waals surface area contributed by atoms with Gasteiger partial charge in [-0.25, -0.2) is 0 Å². The first-order valence-electron chi connectivity index (χ1n) is 4.31. The summed E-state index contributed by atoms with van der Waals surface area (Å²) in [5.41, 5.74) is 0.748. The number of rotatable bonds is 1. The van der Waals surface area contributed by atoms with Crippen LogP contribution < -0.4 is 0 Å². The second kappa shape index (κ2) is 3.15. The van der Waals surface area contributed by atoms with E-state index in [2.05, 4.69) is 4.98 Å². The van der Waals surface area contributed by atoms with Crippen LogP contribution in [0, 0.1) is 0 Å². The fraction of sp³-hybridized carbons (Fsp3) is 0.182. The van der Waals surface area contributed by atoms with Crippen molar-refractivity contribution in [2.75, 3.05) is 0 Å². The van der Waals surface area contributed by atoms with E-state index in [1.807, 2.05) is 30.3 Å². The standard InChI is InChI=1S/C11H11NO/c1-8(13)11-10-5-3-2-4-9(10)6-7-12-11/h2-8,13H,1H3. The monoisotopic (exact) mass is 173 g/mol. The first-order chi connectivity index (χ1) is 6.29. The molecule has 0 saturated heterocycles. The van der Waals surface area contributed by atoms with Crippen LogP contribution in [0.5, 0.6) is 0 Å². The lowest BCUT2D eigenvalue weighted by atomic mass is 10.1. The van der Waals surface area contributed by atoms with Crippen LogP contribution in [0.15, 0.2) is 36.5 Å². The van der Waals surface area contributed by atoms with Gasteiger partial charge in [-0.05, 0) is 18.4 Å². The fourth-order valence-electron chi connectivity index (χ4n) is 1.48. The summed E-state index contributed by atoms with van der Waals surface area (Å²) in [7, 11) is 0. The van der Waals surface area contributed by atoms with Crippen LogP contribution in [-0.4, -0.2) is 10.1 Å². The van der Waals surface area contributed by atoms with Crippen LogP contribution in [0.25, 0.3) is 10.8 Å². The predicted octanol–water partition coefficient (Wildman–Crippen LogP) is 2.29. The summed E-state index contributed by atoms with van der Waals surface area (Å²) >= 11 is 0. The van der Waals surface area contributed by atoms with Gasteiger partial charge in [0.25, 0.3) is 0 Å². The van der Waals surface area contributed by atoms with Crippen LogP contribution in [-0.2, 0) is 0 Å². The highest BCUT2D eigenvalue weighted by Crippen LogP contribution is 2.20. The van der Waals surface area contributed by atoms with Crippen molar-refractivity contribution in [3.8, 4) is 0 Å². The molecule has 1 aromatic carbocycles. The highest BCUT2D eigenvalue weighted by Gasteiger charge is 2.05. The fourth-order valence-corrected chi connectivity index (χ4v) is 1.48. The molecule has 0 aliphatic rings. The summed E-state index contributed by atoms with van der Waals surface area (Å²) in [5, 5.41) is 11.6. The van der Waals surface area contributed by atoms with Gasteiger partial charge in [0.15, 0.2) is 0 Å². The predicted molar refractivity (Wildman–Crippen MR) is 52.4 cm³/mol. The first kappa shape index (κ1) is 8.20. The molecular formula is C11H11NO. The zero-order valence-corrected chi connectivity index (χ0v) is 7.44. The third-order valence-electron chi connectivity index (χ3n) is 2.10. The van der Waals surface area contributed by atoms with E-state index in [0.29, 0.717) is 0 Å². The normalized spacial score (nSPS) is 13.1. The van der Waals surface area contributed by atoms with Gasteiger partial charge < -0.3 is 5.11 Å². The summed E-state index contributed by atoms with van der Waals surface area (Å²) in [6.07, 6.45) is 1.22. The molecule has 2 heteroatoms. The molecule has 0 radical (unpaired) electrons. The maximum atomic E-state index is 9.46. The van der Waals surface area contributed by atoms with E-state index >= 15 is 0 Å². The maximum Gasteiger partial charge on any atom is 0.0938 e. The van der Waals surface area contributed by atoms with Crippen molar-refractivity contribution in [3.63, 3.8) is 0 Å². The van der Waals surface area contributed by atoms with Gasteiger partial charge in [0, 0.05) is 11.6 Å². The Bertz CT molecular complexity index is 418. The minimum Gasteiger partial charge on any atom is -0.387 e. The zero-order chi connectivity index (χ0) is 9.26. The molecule has 2 aromatic rings. The molecule has 0 bridgehead atoms. The van der Waals surface area contributed by atoms with Crippen LogP contribution >= 0.6 is 0 Å². The van der Waals surface area contributed by atoms with Gasteiger partial charge in [0.2, 0.25) is 0 Å². The highest BCUT2D eigenvalue weighted by molar-refractivity contribution is 5.84. The molecule has 1 unspecified atom stereocenters. The minimum atomic E-state index is -0.508. The number of hydrogen-bond acceptors (Lipinski definition) is 2. The van der Waals surface area contributed by atoms with E-state index in [1.54, 1.807) is 13.1 Å². The summed E-state index contributed by atoms with van der Waals surface area (Å²) < 4.78 is 0. The van der Waals surface area contributed by atoms with Crippen molar-refractivity contribution < 1.29 is 5.11 Å². The van der Waals surface area contributed by atoms with Crippen molar-refractivity contribution >= 4 is 10.8 Å². The van der Waals surface area contributed by atoms with Crippen LogP contribution in [0.3, 0.4) is 0 Å². The molecule has 1 N–H and O–H groups in total. The first-order valence-corrected chi connectivity index (χ1v) is 4.31. The van der Waals surface area contributed by atoms with Gasteiger partial charge in [-0.2, -0.15) is 0 Å². The maximum absolute atomic E-state index is 9.46. The Morgan fingerprint density at radius 3 is 2.77 bits per heavy atom. The summed E-state index contributed by atoms with van der Waals surface area (Å²) in [6, 6.07) is 9.87. The lowest BCUT2D eigenvalue weighted by Crippen LogP contribution is -1.95. The molecule has 2 rings (SSSR count). The Morgan fingerprint density at radius 1 is 1.23 bits per heavy atom. The molecule has 0 aliphatic carbocycles. The second-order valence-corrected chi connectivity index (χ2v) is 3.09. The van der Waals surface area contributed by atoms with E-state index in [1.165, 1.54) is 0 Å². The molecule has 2 nitrogen and oxygen atoms in total. The van der Waals surface area contributed by atoms with Crippen molar-refractivity contribution in [1.29, 1.82) is 0 Å². The number of aliphatic hydroxyl groups excluding tert-OH is 1. The minimum absolute atomic E-state index is 0.508. The average molecular weight is 173 g/mol. The van der Waals surface area contributed by atoms with Crippen LogP contribution in [0.1, 0.15) is 18.7 Å². The number of fused-ring (bicyclic) bond motifs is 1. The van der Waals surface area contributed by atoms with Gasteiger partial charge in [0.05, 0.1) is 11.8 Å². The second-order valence-electron chi connectivity index (χ2n) is 3.09. The molecule has 66 valence electrons. The van der Waals surface area contributed by atoms with Gasteiger partial charge in [-0.1, -0.05) is 24.3 Å². The topological polar surface area (TPSA) is 33.1 Å². The van der Waals surface area contributed by atoms with Crippen molar-refractivity contribution in [2.24, 2.45) is 0 Å². The molecule has 1 heterocycles. The lowest BCUT2D eigenvalue weighted by molar-refractivity contribution is 0.196. The number of benzene rings is 1. The SMILES string of the molecule is CC(O)c1nccc2ccccc12. The number of aliphatic hydroxyl groups is 1. The Labute approximate surface area is 76.9 Å². The van der Waals surface area contributed by atoms with Gasteiger partial charge in [0.1, 0.15) is 0 Å². The van der Waals surface area contributed by atoms with E-state index in [-0.39, 0.29) is 0 Å². The number of nitrogens with zero attached hydrogens (tertiary/aromatic N) is 1. The molecular weight excluding hydrogens is 162 g/mol. The molecule has 0 amide bonds. The van der Waals surface area contributed by atoms with Crippen LogP contribution in [0.2, 0.25) is 0 Å². The Balaban J connectivity index is 2.76. The van der Waals surface area contributed by atoms with Crippen molar-refractivity contribution in [1.82, 2.24) is 4.98 Å². The summed E-state index contributed by atoms with van der Waals surface area (Å²) in [5.74, 6) is 0. The number of aromatic nitrogens is 1. The Morgan fingerprint density at radius 2 is 2.00 bits per heavy atom. The largest absolute Gasteiger partial charge is 0.387 e. The molecule has 0 spiro atoms. The van der Waals surface area contributed by atoms with E-state index in [4.69, 9.17) is 0 Å². The third-order valence-corrected chi connectivity index (χ3v) is 2.10. The highest BCUT2D eigenvalue weighted by atomic mass is 16.3. The van der Waals surface area contributed by atoms with Gasteiger partial charge >= 0.3 is 0 Å². The quantitative estimate of drug-likeness (QED) is 0.717. The van der Waals surface area contributed by atoms with Crippen molar-refractivity contribution in [3.05, 3.63) is 42.2 Å². The van der Waals surface area contributed by atoms with E-state index < -0.39 is 6.10 Å². The zero-order valence-electron chi connectivity index (χ0n) is 7.44. The smallest absolute Gasteiger partial charge is 0.0938 e. The molecule has 0 aliphatic heterocycles. The lowest BCUT2D eigenvalue weighted by Gasteiger charge is -2.06. The van der Waals surface area contributed by atoms with E-state index in [9.17, 15) is 5.11 Å². The molecule has 13 heavy (non-hydrogen) atoms. The Hall–Kier alpha value is -1.41. The molecule has 0 fully saturated rings. The Kier molecular flexibility index (Phi) is 1.99. The van der Waals surface area contributed by atoms with Gasteiger partial charge in [-0.15, -0.1) is 0 Å².